The van der Waals surface area contributed by atoms with Crippen molar-refractivity contribution in [1.29, 1.82) is 0 Å². The molecule has 1 saturated heterocycles. The van der Waals surface area contributed by atoms with Gasteiger partial charge in [0.05, 0.1) is 6.67 Å². The van der Waals surface area contributed by atoms with Crippen molar-refractivity contribution < 1.29 is 4.79 Å². The Morgan fingerprint density at radius 3 is 3.06 bits per heavy atom. The monoisotopic (exact) mass is 245 g/mol. The molecule has 96 valence electrons. The standard InChI is InChI=1S/C14H19N3O/c18-11-16-8-4-3-7-14(16)17-10-15-9-12-5-1-2-6-13(12)17/h1-2,5-6,11,14-15H,3-4,7-10H2. The molecular formula is C14H19N3O. The minimum Gasteiger partial charge on any atom is -0.338 e. The molecule has 1 aromatic rings. The third kappa shape index (κ3) is 1.97. The van der Waals surface area contributed by atoms with Crippen LogP contribution in [0, 0.1) is 0 Å². The Morgan fingerprint density at radius 2 is 2.17 bits per heavy atom. The number of hydrogen-bond donors (Lipinski definition) is 1. The summed E-state index contributed by atoms with van der Waals surface area (Å²) in [6, 6.07) is 8.46. The summed E-state index contributed by atoms with van der Waals surface area (Å²) in [7, 11) is 0. The number of nitrogens with zero attached hydrogens (tertiary/aromatic N) is 2. The SMILES string of the molecule is O=CN1CCCCC1N1CNCc2ccccc21. The fraction of sp³-hybridized carbons (Fsp3) is 0.500. The van der Waals surface area contributed by atoms with E-state index in [9.17, 15) is 4.79 Å². The highest BCUT2D eigenvalue weighted by atomic mass is 16.1. The summed E-state index contributed by atoms with van der Waals surface area (Å²) in [5.74, 6) is 0. The second-order valence-corrected chi connectivity index (χ2v) is 5.00. The van der Waals surface area contributed by atoms with E-state index in [0.29, 0.717) is 0 Å². The fourth-order valence-corrected chi connectivity index (χ4v) is 3.00. The lowest BCUT2D eigenvalue weighted by atomic mass is 10.0. The van der Waals surface area contributed by atoms with Crippen LogP contribution in [0.2, 0.25) is 0 Å². The van der Waals surface area contributed by atoms with E-state index < -0.39 is 0 Å². The third-order valence-corrected chi connectivity index (χ3v) is 3.91. The first kappa shape index (κ1) is 11.5. The summed E-state index contributed by atoms with van der Waals surface area (Å²) < 4.78 is 0. The second kappa shape index (κ2) is 4.98. The zero-order valence-corrected chi connectivity index (χ0v) is 10.5. The third-order valence-electron chi connectivity index (χ3n) is 3.91. The minimum atomic E-state index is 0.213. The number of hydrogen-bond acceptors (Lipinski definition) is 3. The Labute approximate surface area is 108 Å². The zero-order chi connectivity index (χ0) is 12.4. The predicted octanol–water partition coefficient (Wildman–Crippen LogP) is 1.52. The van der Waals surface area contributed by atoms with Crippen molar-refractivity contribution in [2.45, 2.75) is 32.0 Å². The Morgan fingerprint density at radius 1 is 1.28 bits per heavy atom. The Kier molecular flexibility index (Phi) is 3.19. The molecule has 0 bridgehead atoms. The van der Waals surface area contributed by atoms with Crippen LogP contribution in [0.4, 0.5) is 5.69 Å². The van der Waals surface area contributed by atoms with Gasteiger partial charge in [0.2, 0.25) is 6.41 Å². The van der Waals surface area contributed by atoms with E-state index in [2.05, 4.69) is 34.5 Å². The maximum Gasteiger partial charge on any atom is 0.211 e. The molecule has 0 aliphatic carbocycles. The van der Waals surface area contributed by atoms with Gasteiger partial charge in [0, 0.05) is 18.8 Å². The van der Waals surface area contributed by atoms with Gasteiger partial charge in [-0.2, -0.15) is 0 Å². The van der Waals surface area contributed by atoms with E-state index in [4.69, 9.17) is 0 Å². The maximum absolute atomic E-state index is 11.2. The van der Waals surface area contributed by atoms with Gasteiger partial charge in [-0.1, -0.05) is 18.2 Å². The van der Waals surface area contributed by atoms with Crippen molar-refractivity contribution in [3.8, 4) is 0 Å². The summed E-state index contributed by atoms with van der Waals surface area (Å²) in [6.07, 6.45) is 4.60. The van der Waals surface area contributed by atoms with Gasteiger partial charge in [0.25, 0.3) is 0 Å². The Balaban J connectivity index is 1.90. The van der Waals surface area contributed by atoms with Crippen molar-refractivity contribution in [2.75, 3.05) is 18.1 Å². The van der Waals surface area contributed by atoms with Gasteiger partial charge < -0.3 is 9.80 Å². The summed E-state index contributed by atoms with van der Waals surface area (Å²) in [6.45, 7) is 2.62. The van der Waals surface area contributed by atoms with Crippen molar-refractivity contribution in [2.24, 2.45) is 0 Å². The smallest absolute Gasteiger partial charge is 0.211 e. The lowest BCUT2D eigenvalue weighted by Crippen LogP contribution is -2.55. The summed E-state index contributed by atoms with van der Waals surface area (Å²) in [4.78, 5) is 15.5. The Bertz CT molecular complexity index is 435. The topological polar surface area (TPSA) is 35.6 Å². The molecule has 2 aliphatic rings. The number of carbonyl (C=O) groups is 1. The van der Waals surface area contributed by atoms with Crippen molar-refractivity contribution in [3.63, 3.8) is 0 Å². The first-order valence-electron chi connectivity index (χ1n) is 6.66. The molecule has 18 heavy (non-hydrogen) atoms. The Hall–Kier alpha value is -1.55. The van der Waals surface area contributed by atoms with Crippen LogP contribution in [-0.4, -0.2) is 30.7 Å². The number of anilines is 1. The van der Waals surface area contributed by atoms with Crippen LogP contribution in [0.15, 0.2) is 24.3 Å². The molecule has 1 atom stereocenters. The molecule has 0 aromatic heterocycles. The first-order chi connectivity index (χ1) is 8.90. The van der Waals surface area contributed by atoms with E-state index in [1.807, 2.05) is 4.90 Å². The normalized spacial score (nSPS) is 23.7. The molecule has 1 aromatic carbocycles. The number of piperidine rings is 1. The number of fused-ring (bicyclic) bond motifs is 1. The summed E-state index contributed by atoms with van der Waals surface area (Å²) in [5.41, 5.74) is 2.59. The molecule has 2 aliphatic heterocycles. The highest BCUT2D eigenvalue weighted by Crippen LogP contribution is 2.29. The van der Waals surface area contributed by atoms with Gasteiger partial charge >= 0.3 is 0 Å². The fourth-order valence-electron chi connectivity index (χ4n) is 3.00. The van der Waals surface area contributed by atoms with Gasteiger partial charge in [0.15, 0.2) is 0 Å². The number of carbonyl (C=O) groups excluding carboxylic acids is 1. The number of amides is 1. The number of nitrogens with one attached hydrogen (secondary N) is 1. The van der Waals surface area contributed by atoms with E-state index in [1.54, 1.807) is 0 Å². The summed E-state index contributed by atoms with van der Waals surface area (Å²) >= 11 is 0. The molecule has 1 amide bonds. The molecule has 4 nitrogen and oxygen atoms in total. The zero-order valence-electron chi connectivity index (χ0n) is 10.5. The largest absolute Gasteiger partial charge is 0.338 e. The van der Waals surface area contributed by atoms with Crippen molar-refractivity contribution >= 4 is 12.1 Å². The molecule has 4 heteroatoms. The quantitative estimate of drug-likeness (QED) is 0.802. The molecule has 0 saturated carbocycles. The maximum atomic E-state index is 11.2. The van der Waals surface area contributed by atoms with Crippen LogP contribution in [0.3, 0.4) is 0 Å². The molecule has 1 N–H and O–H groups in total. The van der Waals surface area contributed by atoms with Gasteiger partial charge in [-0.05, 0) is 30.9 Å². The highest BCUT2D eigenvalue weighted by Gasteiger charge is 2.29. The van der Waals surface area contributed by atoms with E-state index in [-0.39, 0.29) is 6.17 Å². The molecule has 1 unspecified atom stereocenters. The van der Waals surface area contributed by atoms with Crippen molar-refractivity contribution in [1.82, 2.24) is 10.2 Å². The van der Waals surface area contributed by atoms with E-state index in [1.165, 1.54) is 17.7 Å². The first-order valence-corrected chi connectivity index (χ1v) is 6.66. The van der Waals surface area contributed by atoms with Gasteiger partial charge in [-0.3, -0.25) is 10.1 Å². The molecule has 1 fully saturated rings. The van der Waals surface area contributed by atoms with Gasteiger partial charge in [0.1, 0.15) is 6.17 Å². The minimum absolute atomic E-state index is 0.213. The molecule has 0 radical (unpaired) electrons. The lowest BCUT2D eigenvalue weighted by molar-refractivity contribution is -0.121. The van der Waals surface area contributed by atoms with Crippen LogP contribution in [0.5, 0.6) is 0 Å². The average molecular weight is 245 g/mol. The summed E-state index contributed by atoms with van der Waals surface area (Å²) in [5, 5.41) is 3.42. The molecule has 3 rings (SSSR count). The van der Waals surface area contributed by atoms with Gasteiger partial charge in [-0.15, -0.1) is 0 Å². The van der Waals surface area contributed by atoms with Crippen LogP contribution in [0.25, 0.3) is 0 Å². The number of benzene rings is 1. The number of rotatable bonds is 2. The van der Waals surface area contributed by atoms with Crippen LogP contribution >= 0.6 is 0 Å². The second-order valence-electron chi connectivity index (χ2n) is 5.00. The van der Waals surface area contributed by atoms with E-state index in [0.717, 1.165) is 39.0 Å². The number of likely N-dealkylation sites (tertiary alicyclic amines) is 1. The molecule has 2 heterocycles. The van der Waals surface area contributed by atoms with Crippen LogP contribution in [0.1, 0.15) is 24.8 Å². The van der Waals surface area contributed by atoms with Gasteiger partial charge in [-0.25, -0.2) is 0 Å². The van der Waals surface area contributed by atoms with E-state index >= 15 is 0 Å². The predicted molar refractivity (Wildman–Crippen MR) is 71.0 cm³/mol. The van der Waals surface area contributed by atoms with Crippen LogP contribution < -0.4 is 10.2 Å². The number of para-hydroxylation sites is 1. The average Bonchev–Trinajstić information content (AvgIpc) is 2.46. The molecular weight excluding hydrogens is 226 g/mol. The lowest BCUT2D eigenvalue weighted by Gasteiger charge is -2.44. The highest BCUT2D eigenvalue weighted by molar-refractivity contribution is 5.58. The van der Waals surface area contributed by atoms with Crippen molar-refractivity contribution in [3.05, 3.63) is 29.8 Å². The molecule has 0 spiro atoms. The van der Waals surface area contributed by atoms with Crippen LogP contribution in [-0.2, 0) is 11.3 Å².